The van der Waals surface area contributed by atoms with E-state index in [-0.39, 0.29) is 35.3 Å². The maximum Gasteiger partial charge on any atom is 0.335 e. The molecule has 5 rings (SSSR count). The van der Waals surface area contributed by atoms with Crippen LogP contribution in [0.15, 0.2) is 84.1 Å². The number of hydrogen-bond donors (Lipinski definition) is 6. The first kappa shape index (κ1) is 66.3. The predicted molar refractivity (Wildman–Crippen MR) is 285 cm³/mol. The van der Waals surface area contributed by atoms with Crippen LogP contribution in [0.5, 0.6) is 0 Å². The molecule has 15 N–H and O–H groups in total. The summed E-state index contributed by atoms with van der Waals surface area (Å²) in [6.45, 7) is 8.05. The number of benzene rings is 4. The minimum atomic E-state index is -0.872. The standard InChI is InChI=1S/C11H13IN2O.C9H8IN3.C8H8INO.C8H7IO2.C5H13NO2.H4N2.H3N.2H2O/c1-8-4-5-9(6-10(8)12)11(15)13-7-14(2)3;1-6-2-3-7(4-8(6)10)9-11-5-12-13-9;2*1-5-2-3-6(8(10)11)4-7(5)9;1-6(2)5(7-3)8-4;1-2;;;/h4-7H,1-3H3;2-5H,1H3,(H,11,12,13);2-4H,1H3,(H2,10,11);2-4H,1H3,(H,10,11);5H,1-4H3;1-2H2;1H3;2*1H2. The van der Waals surface area contributed by atoms with Crippen LogP contribution in [-0.4, -0.2) is 114 Å². The lowest BCUT2D eigenvalue weighted by molar-refractivity contribution is -0.179. The van der Waals surface area contributed by atoms with E-state index >= 15 is 0 Å². The van der Waals surface area contributed by atoms with Gasteiger partial charge in [0.05, 0.1) is 11.9 Å². The molecule has 0 aliphatic heterocycles. The van der Waals surface area contributed by atoms with E-state index in [0.29, 0.717) is 16.7 Å². The van der Waals surface area contributed by atoms with Gasteiger partial charge in [0.15, 0.2) is 5.82 Å². The number of rotatable bonds is 8. The molecular weight excluding hydrogens is 1270 g/mol. The molecular formula is C41H60I4N10O8. The second-order valence-electron chi connectivity index (χ2n) is 12.6. The van der Waals surface area contributed by atoms with Gasteiger partial charge >= 0.3 is 5.97 Å². The van der Waals surface area contributed by atoms with Crippen molar-refractivity contribution >= 4 is 114 Å². The maximum atomic E-state index is 11.6. The van der Waals surface area contributed by atoms with E-state index in [0.717, 1.165) is 33.2 Å². The van der Waals surface area contributed by atoms with Crippen molar-refractivity contribution in [2.45, 2.75) is 34.1 Å². The summed E-state index contributed by atoms with van der Waals surface area (Å²) in [6.07, 6.45) is 2.81. The summed E-state index contributed by atoms with van der Waals surface area (Å²) in [7, 11) is 10.6. The van der Waals surface area contributed by atoms with Gasteiger partial charge in [0.2, 0.25) is 12.3 Å². The molecule has 0 aliphatic rings. The van der Waals surface area contributed by atoms with E-state index < -0.39 is 5.97 Å². The van der Waals surface area contributed by atoms with Crippen LogP contribution in [0.4, 0.5) is 0 Å². The Balaban J connectivity index is -0.000000342. The Morgan fingerprint density at radius 2 is 1.11 bits per heavy atom. The molecule has 18 nitrogen and oxygen atoms in total. The highest BCUT2D eigenvalue weighted by Crippen LogP contribution is 2.20. The lowest BCUT2D eigenvalue weighted by Crippen LogP contribution is -2.30. The zero-order valence-corrected chi connectivity index (χ0v) is 45.5. The number of hydrogen-bond acceptors (Lipinski definition) is 11. The molecule has 22 heteroatoms. The summed E-state index contributed by atoms with van der Waals surface area (Å²) in [5.41, 5.74) is 12.4. The largest absolute Gasteiger partial charge is 0.478 e. The minimum Gasteiger partial charge on any atom is -0.478 e. The number of nitrogens with one attached hydrogen (secondary N) is 1. The van der Waals surface area contributed by atoms with Crippen LogP contribution in [0.25, 0.3) is 11.4 Å². The third-order valence-corrected chi connectivity index (χ3v) is 12.0. The highest BCUT2D eigenvalue weighted by Gasteiger charge is 2.07. The lowest BCUT2D eigenvalue weighted by Gasteiger charge is -2.19. The van der Waals surface area contributed by atoms with Crippen LogP contribution in [0, 0.1) is 42.0 Å². The Labute approximate surface area is 424 Å². The molecule has 1 heterocycles. The van der Waals surface area contributed by atoms with Crippen molar-refractivity contribution in [1.29, 1.82) is 0 Å². The van der Waals surface area contributed by atoms with Gasteiger partial charge in [0.1, 0.15) is 6.33 Å². The average Bonchev–Trinajstić information content (AvgIpc) is 3.76. The molecule has 0 aliphatic carbocycles. The first-order valence-corrected chi connectivity index (χ1v) is 21.8. The molecule has 0 bridgehead atoms. The molecule has 0 atom stereocenters. The van der Waals surface area contributed by atoms with Crippen molar-refractivity contribution in [3.8, 4) is 11.4 Å². The highest BCUT2D eigenvalue weighted by atomic mass is 127. The van der Waals surface area contributed by atoms with Gasteiger partial charge in [-0.25, -0.2) is 9.78 Å². The number of carboxylic acid groups (broad SMARTS) is 1. The fraction of sp³-hybridized carbons (Fsp3) is 0.268. The summed E-state index contributed by atoms with van der Waals surface area (Å²) in [5, 5.41) is 15.2. The molecule has 0 fully saturated rings. The van der Waals surface area contributed by atoms with Crippen LogP contribution in [-0.2, 0) is 9.47 Å². The number of halogens is 4. The molecule has 63 heavy (non-hydrogen) atoms. The van der Waals surface area contributed by atoms with Gasteiger partial charge < -0.3 is 42.3 Å². The summed E-state index contributed by atoms with van der Waals surface area (Å²) >= 11 is 8.82. The number of carbonyl (C=O) groups excluding carboxylic acids is 2. The fourth-order valence-corrected chi connectivity index (χ4v) is 6.10. The Morgan fingerprint density at radius 3 is 1.44 bits per heavy atom. The van der Waals surface area contributed by atoms with Gasteiger partial charge in [-0.15, -0.1) is 0 Å². The van der Waals surface area contributed by atoms with Crippen LogP contribution >= 0.6 is 90.4 Å². The molecule has 1 aromatic heterocycles. The molecule has 2 amide bonds. The number of carbonyl (C=O) groups is 3. The molecule has 0 radical (unpaired) electrons. The predicted octanol–water partition coefficient (Wildman–Crippen LogP) is 6.17. The summed E-state index contributed by atoms with van der Waals surface area (Å²) in [6, 6.07) is 22.3. The van der Waals surface area contributed by atoms with Gasteiger partial charge in [-0.05, 0) is 197 Å². The van der Waals surface area contributed by atoms with E-state index in [1.54, 1.807) is 49.5 Å². The van der Waals surface area contributed by atoms with Gasteiger partial charge in [-0.3, -0.25) is 31.3 Å². The van der Waals surface area contributed by atoms with Crippen molar-refractivity contribution in [1.82, 2.24) is 31.1 Å². The Hall–Kier alpha value is -3.30. The SMILES string of the molecule is COC(OC)N(C)C.Cc1ccc(-c2ncn[nH]2)cc1I.Cc1ccc(C(=O)N=CN(C)C)cc1I.Cc1ccc(C(=O)O)cc1I.Cc1ccc(C(N)=O)cc1I.N.NN.O.O. The molecule has 0 saturated heterocycles. The van der Waals surface area contributed by atoms with E-state index in [2.05, 4.69) is 141 Å². The number of aliphatic imine (C=N–C) groups is 1. The van der Waals surface area contributed by atoms with Crippen molar-refractivity contribution < 1.29 is 39.9 Å². The summed E-state index contributed by atoms with van der Waals surface area (Å²) in [4.78, 5) is 44.2. The quantitative estimate of drug-likeness (QED) is 0.0253. The molecule has 0 saturated carbocycles. The number of nitrogens with two attached hydrogens (primary N) is 3. The van der Waals surface area contributed by atoms with Gasteiger partial charge in [0, 0.05) is 59.3 Å². The van der Waals surface area contributed by atoms with Crippen molar-refractivity contribution in [2.75, 3.05) is 42.4 Å². The zero-order chi connectivity index (χ0) is 46.1. The number of nitrogens with zero attached hydrogens (tertiary/aromatic N) is 5. The minimum absolute atomic E-state index is 0. The van der Waals surface area contributed by atoms with Crippen LogP contribution in [0.1, 0.15) is 53.3 Å². The third kappa shape index (κ3) is 26.3. The first-order valence-electron chi connectivity index (χ1n) is 17.5. The number of hydrazine groups is 1. The van der Waals surface area contributed by atoms with E-state index in [1.165, 1.54) is 27.4 Å². The Bertz CT molecular complexity index is 2060. The smallest absolute Gasteiger partial charge is 0.335 e. The number of aromatic amines is 1. The van der Waals surface area contributed by atoms with E-state index in [4.69, 9.17) is 20.3 Å². The van der Waals surface area contributed by atoms with Gasteiger partial charge in [-0.2, -0.15) is 10.1 Å². The normalized spacial score (nSPS) is 9.56. The number of ether oxygens (including phenoxy) is 2. The zero-order valence-electron chi connectivity index (χ0n) is 36.8. The summed E-state index contributed by atoms with van der Waals surface area (Å²) < 4.78 is 14.1. The van der Waals surface area contributed by atoms with Crippen LogP contribution in [0.3, 0.4) is 0 Å². The number of aromatic nitrogens is 3. The lowest BCUT2D eigenvalue weighted by atomic mass is 10.1. The second-order valence-corrected chi connectivity index (χ2v) is 17.3. The molecule has 0 spiro atoms. The van der Waals surface area contributed by atoms with Crippen molar-refractivity contribution in [2.24, 2.45) is 22.4 Å². The van der Waals surface area contributed by atoms with E-state index in [1.807, 2.05) is 84.2 Å². The monoisotopic (exact) mass is 1330 g/mol. The number of aromatic carboxylic acids is 1. The molecule has 4 aromatic carbocycles. The number of aryl methyl sites for hydroxylation is 4. The number of amides is 2. The van der Waals surface area contributed by atoms with Gasteiger partial charge in [0.25, 0.3) is 5.91 Å². The third-order valence-electron chi connectivity index (χ3n) is 7.39. The maximum absolute atomic E-state index is 11.6. The Kier molecular flexibility index (Phi) is 37.9. The second kappa shape index (κ2) is 36.0. The number of carboxylic acids is 1. The molecule has 0 unspecified atom stereocenters. The highest BCUT2D eigenvalue weighted by molar-refractivity contribution is 14.1. The van der Waals surface area contributed by atoms with Crippen LogP contribution in [0.2, 0.25) is 0 Å². The summed E-state index contributed by atoms with van der Waals surface area (Å²) in [5.74, 6) is 7.37. The number of methoxy groups -OCH3 is 2. The molecule has 350 valence electrons. The first-order chi connectivity index (χ1) is 28.2. The van der Waals surface area contributed by atoms with E-state index in [9.17, 15) is 14.4 Å². The topological polar surface area (TPSA) is 326 Å². The van der Waals surface area contributed by atoms with Crippen LogP contribution < -0.4 is 23.6 Å². The molecule has 5 aromatic rings. The number of H-pyrrole nitrogens is 1. The average molecular weight is 1330 g/mol. The van der Waals surface area contributed by atoms with Crippen molar-refractivity contribution in [3.63, 3.8) is 0 Å². The Morgan fingerprint density at radius 1 is 0.714 bits per heavy atom. The fourth-order valence-electron chi connectivity index (χ4n) is 4.04. The number of primary amides is 1. The van der Waals surface area contributed by atoms with Crippen molar-refractivity contribution in [3.05, 3.63) is 132 Å². The van der Waals surface area contributed by atoms with Gasteiger partial charge in [-0.1, -0.05) is 30.3 Å².